The minimum Gasteiger partial charge on any atom is -0.469 e. The summed E-state index contributed by atoms with van der Waals surface area (Å²) >= 11 is 0. The van der Waals surface area contributed by atoms with Gasteiger partial charge in [0.05, 0.1) is 26.7 Å². The van der Waals surface area contributed by atoms with Gasteiger partial charge in [0, 0.05) is 5.41 Å². The van der Waals surface area contributed by atoms with E-state index in [0.717, 1.165) is 16.7 Å². The lowest BCUT2D eigenvalue weighted by Gasteiger charge is -2.59. The van der Waals surface area contributed by atoms with E-state index in [-0.39, 0.29) is 0 Å². The van der Waals surface area contributed by atoms with Crippen LogP contribution in [0.15, 0.2) is 54.6 Å². The van der Waals surface area contributed by atoms with Crippen LogP contribution in [0.2, 0.25) is 0 Å². The summed E-state index contributed by atoms with van der Waals surface area (Å²) in [6.07, 6.45) is 0. The highest BCUT2D eigenvalue weighted by Gasteiger charge is 2.68. The Kier molecular flexibility index (Phi) is 4.07. The van der Waals surface area contributed by atoms with E-state index in [2.05, 4.69) is 0 Å². The summed E-state index contributed by atoms with van der Waals surface area (Å²) in [7, 11) is 2.69. The molecule has 1 fully saturated rings. The fourth-order valence-corrected chi connectivity index (χ4v) is 4.90. The molecule has 5 nitrogen and oxygen atoms in total. The monoisotopic (exact) mass is 366 g/mol. The predicted octanol–water partition coefficient (Wildman–Crippen LogP) is 2.81. The Hall–Kier alpha value is -2.66. The third-order valence-electron chi connectivity index (χ3n) is 6.11. The molecule has 4 atom stereocenters. The first-order valence-corrected chi connectivity index (χ1v) is 8.96. The van der Waals surface area contributed by atoms with Gasteiger partial charge in [-0.05, 0) is 16.7 Å². The maximum Gasteiger partial charge on any atom is 0.313 e. The summed E-state index contributed by atoms with van der Waals surface area (Å²) in [4.78, 5) is 25.9. The van der Waals surface area contributed by atoms with Crippen molar-refractivity contribution in [3.63, 3.8) is 0 Å². The largest absolute Gasteiger partial charge is 0.469 e. The van der Waals surface area contributed by atoms with Gasteiger partial charge in [-0.25, -0.2) is 0 Å². The molecule has 0 aromatic heterocycles. The average Bonchev–Trinajstić information content (AvgIpc) is 2.73. The summed E-state index contributed by atoms with van der Waals surface area (Å²) < 4.78 is 16.7. The summed E-state index contributed by atoms with van der Waals surface area (Å²) in [6, 6.07) is 17.4. The fraction of sp³-hybridized carbons (Fsp3) is 0.364. The lowest BCUT2D eigenvalue weighted by atomic mass is 9.51. The number of hydrogen-bond acceptors (Lipinski definition) is 5. The normalized spacial score (nSPS) is 31.1. The standard InChI is InChI=1S/C22H22O5/c1-21-13-27-22(14-9-5-4-6-10-14,16-12-8-7-11-15(16)21)18(20(24)26-3)17(21)19(23)25-2/h4-12,17-18H,13H2,1-3H3/t17-,18+,21+,22?/m1/s1. The summed E-state index contributed by atoms with van der Waals surface area (Å²) in [5.41, 5.74) is 0.959. The van der Waals surface area contributed by atoms with Crippen LogP contribution in [0, 0.1) is 11.8 Å². The molecule has 140 valence electrons. The average molecular weight is 366 g/mol. The first-order chi connectivity index (χ1) is 13.0. The van der Waals surface area contributed by atoms with Crippen molar-refractivity contribution in [1.82, 2.24) is 0 Å². The van der Waals surface area contributed by atoms with Gasteiger partial charge in [0.1, 0.15) is 11.5 Å². The van der Waals surface area contributed by atoms with Crippen molar-refractivity contribution in [3.8, 4) is 0 Å². The Morgan fingerprint density at radius 2 is 1.44 bits per heavy atom. The van der Waals surface area contributed by atoms with Crippen molar-refractivity contribution in [2.75, 3.05) is 20.8 Å². The van der Waals surface area contributed by atoms with Gasteiger partial charge >= 0.3 is 11.9 Å². The van der Waals surface area contributed by atoms with E-state index in [0.29, 0.717) is 6.61 Å². The van der Waals surface area contributed by atoms with Crippen LogP contribution in [-0.2, 0) is 34.8 Å². The van der Waals surface area contributed by atoms with E-state index in [9.17, 15) is 9.59 Å². The molecule has 0 saturated carbocycles. The van der Waals surface area contributed by atoms with Crippen molar-refractivity contribution < 1.29 is 23.8 Å². The molecule has 2 aliphatic heterocycles. The Morgan fingerprint density at radius 3 is 2.07 bits per heavy atom. The molecule has 0 spiro atoms. The van der Waals surface area contributed by atoms with E-state index in [4.69, 9.17) is 14.2 Å². The molecular formula is C22H22O5. The number of rotatable bonds is 3. The lowest BCUT2D eigenvalue weighted by molar-refractivity contribution is -0.208. The van der Waals surface area contributed by atoms with E-state index >= 15 is 0 Å². The molecule has 2 heterocycles. The molecule has 5 heteroatoms. The first-order valence-electron chi connectivity index (χ1n) is 8.96. The van der Waals surface area contributed by atoms with Crippen LogP contribution in [-0.4, -0.2) is 32.8 Å². The molecule has 1 unspecified atom stereocenters. The van der Waals surface area contributed by atoms with Crippen molar-refractivity contribution in [1.29, 1.82) is 0 Å². The first kappa shape index (κ1) is 17.7. The van der Waals surface area contributed by atoms with Crippen molar-refractivity contribution in [2.45, 2.75) is 17.9 Å². The van der Waals surface area contributed by atoms with Gasteiger partial charge in [-0.1, -0.05) is 61.5 Å². The molecule has 2 aromatic rings. The maximum atomic E-state index is 13.0. The topological polar surface area (TPSA) is 61.8 Å². The van der Waals surface area contributed by atoms with E-state index in [1.165, 1.54) is 14.2 Å². The van der Waals surface area contributed by atoms with Crippen LogP contribution in [0.5, 0.6) is 0 Å². The van der Waals surface area contributed by atoms with Crippen molar-refractivity contribution in [2.24, 2.45) is 11.8 Å². The Balaban J connectivity index is 2.09. The molecule has 5 rings (SSSR count). The quantitative estimate of drug-likeness (QED) is 0.782. The summed E-state index contributed by atoms with van der Waals surface area (Å²) in [6.45, 7) is 2.27. The van der Waals surface area contributed by atoms with Gasteiger partial charge in [-0.15, -0.1) is 0 Å². The van der Waals surface area contributed by atoms with Gasteiger partial charge in [0.25, 0.3) is 0 Å². The summed E-state index contributed by atoms with van der Waals surface area (Å²) in [5, 5.41) is 0. The van der Waals surface area contributed by atoms with Crippen LogP contribution in [0.4, 0.5) is 0 Å². The lowest BCUT2D eigenvalue weighted by Crippen LogP contribution is -2.66. The van der Waals surface area contributed by atoms with Gasteiger partial charge in [0.15, 0.2) is 0 Å². The number of benzene rings is 2. The van der Waals surface area contributed by atoms with Gasteiger partial charge in [-0.2, -0.15) is 0 Å². The molecule has 27 heavy (non-hydrogen) atoms. The second-order valence-electron chi connectivity index (χ2n) is 7.36. The number of hydrogen-bond donors (Lipinski definition) is 0. The SMILES string of the molecule is COC(=O)[C@@H]1[C@H](C(=O)OC)[C@@]2(C)COC1(c1ccccc1)c1ccccc12. The molecule has 0 radical (unpaired) electrons. The highest BCUT2D eigenvalue weighted by atomic mass is 16.5. The second-order valence-corrected chi connectivity index (χ2v) is 7.36. The number of carbonyl (C=O) groups excluding carboxylic acids is 2. The van der Waals surface area contributed by atoms with E-state index in [1.807, 2.05) is 61.5 Å². The molecular weight excluding hydrogens is 344 g/mol. The fourth-order valence-electron chi connectivity index (χ4n) is 4.90. The number of esters is 2. The molecule has 3 aliphatic rings. The van der Waals surface area contributed by atoms with Gasteiger partial charge in [-0.3, -0.25) is 9.59 Å². The number of fused-ring (bicyclic) bond motifs is 2. The third-order valence-corrected chi connectivity index (χ3v) is 6.11. The Labute approximate surface area is 158 Å². The van der Waals surface area contributed by atoms with E-state index < -0.39 is 34.8 Å². The zero-order valence-corrected chi connectivity index (χ0v) is 15.6. The smallest absolute Gasteiger partial charge is 0.313 e. The molecule has 0 N–H and O–H groups in total. The molecule has 0 amide bonds. The minimum atomic E-state index is -1.10. The van der Waals surface area contributed by atoms with Crippen LogP contribution < -0.4 is 0 Å². The van der Waals surface area contributed by atoms with Gasteiger partial charge < -0.3 is 14.2 Å². The minimum absolute atomic E-state index is 0.312. The zero-order chi connectivity index (χ0) is 19.2. The highest BCUT2D eigenvalue weighted by Crippen LogP contribution is 2.61. The highest BCUT2D eigenvalue weighted by molar-refractivity contribution is 5.87. The van der Waals surface area contributed by atoms with Crippen LogP contribution in [0.25, 0.3) is 0 Å². The number of carbonyl (C=O) groups is 2. The Bertz CT molecular complexity index is 893. The Morgan fingerprint density at radius 1 is 0.889 bits per heavy atom. The molecule has 2 aromatic carbocycles. The van der Waals surface area contributed by atoms with Crippen LogP contribution >= 0.6 is 0 Å². The molecule has 1 saturated heterocycles. The van der Waals surface area contributed by atoms with Crippen LogP contribution in [0.3, 0.4) is 0 Å². The van der Waals surface area contributed by atoms with Gasteiger partial charge in [0.2, 0.25) is 0 Å². The predicted molar refractivity (Wildman–Crippen MR) is 98.0 cm³/mol. The van der Waals surface area contributed by atoms with E-state index in [1.54, 1.807) is 0 Å². The number of ether oxygens (including phenoxy) is 3. The number of methoxy groups -OCH3 is 2. The summed E-state index contributed by atoms with van der Waals surface area (Å²) in [5.74, 6) is -2.45. The van der Waals surface area contributed by atoms with Crippen molar-refractivity contribution in [3.05, 3.63) is 71.3 Å². The maximum absolute atomic E-state index is 13.0. The molecule has 2 bridgehead atoms. The molecule has 1 aliphatic carbocycles. The van der Waals surface area contributed by atoms with Crippen LogP contribution in [0.1, 0.15) is 23.6 Å². The zero-order valence-electron chi connectivity index (χ0n) is 15.6. The van der Waals surface area contributed by atoms with Crippen molar-refractivity contribution >= 4 is 11.9 Å². The third kappa shape index (κ3) is 2.21. The second kappa shape index (κ2) is 6.20.